The molecule has 1 aromatic rings. The van der Waals surface area contributed by atoms with Crippen molar-refractivity contribution in [2.24, 2.45) is 0 Å². The summed E-state index contributed by atoms with van der Waals surface area (Å²) in [5, 5.41) is 2.63. The number of carbonyl (C=O) groups is 3. The average molecular weight is 462 g/mol. The van der Waals surface area contributed by atoms with E-state index in [4.69, 9.17) is 9.31 Å². The molecule has 2 heterocycles. The fourth-order valence-corrected chi connectivity index (χ4v) is 4.47. The number of hydrogen-bond donors (Lipinski definition) is 1. The number of hydrogen-bond acceptors (Lipinski definition) is 5. The lowest BCUT2D eigenvalue weighted by Crippen LogP contribution is -2.52. The molecule has 3 aliphatic rings. The molecule has 4 rings (SSSR count). The van der Waals surface area contributed by atoms with Crippen LogP contribution in [0.2, 0.25) is 0 Å². The predicted molar refractivity (Wildman–Crippen MR) is 117 cm³/mol. The molecule has 3 amide bonds. The highest BCUT2D eigenvalue weighted by atomic mass is 19.1. The van der Waals surface area contributed by atoms with Gasteiger partial charge in [0.05, 0.1) is 23.3 Å². The molecule has 1 spiro atoms. The van der Waals surface area contributed by atoms with Crippen molar-refractivity contribution in [3.05, 3.63) is 29.6 Å². The van der Waals surface area contributed by atoms with E-state index in [-0.39, 0.29) is 31.2 Å². The van der Waals surface area contributed by atoms with E-state index >= 15 is 0 Å². The topological polar surface area (TPSA) is 84.9 Å². The smallest absolute Gasteiger partial charge is 0.399 e. The van der Waals surface area contributed by atoms with E-state index in [2.05, 4.69) is 5.32 Å². The fraction of sp³-hybridized carbons (Fsp3) is 0.609. The van der Waals surface area contributed by atoms with Crippen LogP contribution in [-0.4, -0.2) is 58.7 Å². The van der Waals surface area contributed by atoms with Gasteiger partial charge in [-0.1, -0.05) is 6.07 Å². The number of amides is 3. The van der Waals surface area contributed by atoms with E-state index < -0.39 is 59.6 Å². The van der Waals surface area contributed by atoms with E-state index in [0.717, 1.165) is 4.90 Å². The molecule has 2 aliphatic heterocycles. The molecule has 2 saturated heterocycles. The highest BCUT2D eigenvalue weighted by molar-refractivity contribution is 6.62. The van der Waals surface area contributed by atoms with Gasteiger partial charge in [0, 0.05) is 0 Å². The molecule has 0 bridgehead atoms. The Labute approximate surface area is 192 Å². The van der Waals surface area contributed by atoms with Crippen molar-refractivity contribution in [2.45, 2.75) is 82.7 Å². The second-order valence-electron chi connectivity index (χ2n) is 10.6. The molecule has 1 aliphatic carbocycles. The Morgan fingerprint density at radius 1 is 1.06 bits per heavy atom. The maximum Gasteiger partial charge on any atom is 0.494 e. The van der Waals surface area contributed by atoms with Crippen molar-refractivity contribution >= 4 is 30.3 Å². The van der Waals surface area contributed by atoms with E-state index in [0.29, 0.717) is 5.46 Å². The first kappa shape index (κ1) is 23.8. The van der Waals surface area contributed by atoms with Gasteiger partial charge in [0.15, 0.2) is 5.78 Å². The van der Waals surface area contributed by atoms with Gasteiger partial charge in [-0.15, -0.1) is 0 Å². The van der Waals surface area contributed by atoms with Crippen LogP contribution < -0.4 is 10.8 Å². The van der Waals surface area contributed by atoms with Crippen LogP contribution in [0.1, 0.15) is 70.7 Å². The Bertz CT molecular complexity index is 1000. The van der Waals surface area contributed by atoms with Crippen molar-refractivity contribution < 1.29 is 32.5 Å². The molecule has 1 saturated carbocycles. The number of Topliss-reactive ketones (excluding diaryl/α,β-unsaturated/α-hetero) is 1. The molecule has 1 N–H and O–H groups in total. The number of carbonyl (C=O) groups excluding carboxylic acids is 3. The van der Waals surface area contributed by atoms with Crippen molar-refractivity contribution in [1.82, 2.24) is 10.2 Å². The minimum absolute atomic E-state index is 0.135. The number of ketones is 1. The number of imide groups is 1. The summed E-state index contributed by atoms with van der Waals surface area (Å²) in [6.45, 7) is 8.41. The summed E-state index contributed by atoms with van der Waals surface area (Å²) < 4.78 is 40.9. The normalized spacial score (nSPS) is 30.8. The van der Waals surface area contributed by atoms with Crippen LogP contribution in [0, 0.1) is 5.82 Å². The second kappa shape index (κ2) is 7.60. The third-order valence-electron chi connectivity index (χ3n) is 7.51. The van der Waals surface area contributed by atoms with E-state index in [9.17, 15) is 23.2 Å². The standard InChI is InChI=1S/C23H29BF2N2O5/c1-20(2)21(3,4)33-24(32-20)14-6-7-15(16(25)12-14)17(29)13-28-18(30)23(27-19(28)31)10-8-22(5,26)9-11-23/h6-7,12H,8-11,13H2,1-5H3,(H,27,31). The summed E-state index contributed by atoms with van der Waals surface area (Å²) in [5.74, 6) is -2.06. The van der Waals surface area contributed by atoms with Gasteiger partial charge in [0.2, 0.25) is 0 Å². The van der Waals surface area contributed by atoms with Crippen LogP contribution >= 0.6 is 0 Å². The molecule has 7 nitrogen and oxygen atoms in total. The number of benzene rings is 1. The zero-order chi connectivity index (χ0) is 24.4. The van der Waals surface area contributed by atoms with Gasteiger partial charge in [-0.3, -0.25) is 14.5 Å². The molecule has 1 aromatic carbocycles. The van der Waals surface area contributed by atoms with Crippen LogP contribution in [0.3, 0.4) is 0 Å². The lowest BCUT2D eigenvalue weighted by atomic mass is 9.75. The number of rotatable bonds is 4. The molecule has 0 radical (unpaired) electrons. The fourth-order valence-electron chi connectivity index (χ4n) is 4.47. The minimum atomic E-state index is -1.39. The molecule has 3 fully saturated rings. The molecule has 0 unspecified atom stereocenters. The van der Waals surface area contributed by atoms with Crippen LogP contribution in [0.4, 0.5) is 13.6 Å². The lowest BCUT2D eigenvalue weighted by molar-refractivity contribution is -0.133. The predicted octanol–water partition coefficient (Wildman–Crippen LogP) is 2.90. The van der Waals surface area contributed by atoms with Gasteiger partial charge in [0.1, 0.15) is 17.0 Å². The Balaban J connectivity index is 1.47. The molecular weight excluding hydrogens is 433 g/mol. The van der Waals surface area contributed by atoms with Crippen LogP contribution in [0.25, 0.3) is 0 Å². The first-order chi connectivity index (χ1) is 15.2. The van der Waals surface area contributed by atoms with Crippen molar-refractivity contribution in [3.8, 4) is 0 Å². The number of halogens is 2. The number of nitrogens with zero attached hydrogens (tertiary/aromatic N) is 1. The minimum Gasteiger partial charge on any atom is -0.399 e. The molecule has 178 valence electrons. The van der Waals surface area contributed by atoms with Gasteiger partial charge in [-0.05, 0) is 77.9 Å². The number of alkyl halides is 1. The average Bonchev–Trinajstić information content (AvgIpc) is 3.07. The summed E-state index contributed by atoms with van der Waals surface area (Å²) >= 11 is 0. The number of urea groups is 1. The zero-order valence-electron chi connectivity index (χ0n) is 19.6. The Kier molecular flexibility index (Phi) is 5.48. The zero-order valence-corrected chi connectivity index (χ0v) is 19.6. The summed E-state index contributed by atoms with van der Waals surface area (Å²) in [6, 6.07) is 3.30. The van der Waals surface area contributed by atoms with Gasteiger partial charge < -0.3 is 14.6 Å². The highest BCUT2D eigenvalue weighted by Crippen LogP contribution is 2.40. The van der Waals surface area contributed by atoms with Gasteiger partial charge >= 0.3 is 13.1 Å². The molecule has 33 heavy (non-hydrogen) atoms. The monoisotopic (exact) mass is 462 g/mol. The van der Waals surface area contributed by atoms with E-state index in [1.807, 2.05) is 27.7 Å². The van der Waals surface area contributed by atoms with E-state index in [1.165, 1.54) is 25.1 Å². The van der Waals surface area contributed by atoms with E-state index in [1.54, 1.807) is 0 Å². The van der Waals surface area contributed by atoms with Gasteiger partial charge in [-0.2, -0.15) is 0 Å². The third kappa shape index (κ3) is 4.08. The second-order valence-corrected chi connectivity index (χ2v) is 10.6. The molecular formula is C23H29BF2N2O5. The Morgan fingerprint density at radius 2 is 1.64 bits per heavy atom. The van der Waals surface area contributed by atoms with Crippen molar-refractivity contribution in [2.75, 3.05) is 6.54 Å². The molecule has 0 atom stereocenters. The van der Waals surface area contributed by atoms with Crippen LogP contribution in [0.15, 0.2) is 18.2 Å². The summed E-state index contributed by atoms with van der Waals surface area (Å²) in [7, 11) is -0.785. The third-order valence-corrected chi connectivity index (χ3v) is 7.51. The summed E-state index contributed by atoms with van der Waals surface area (Å²) in [4.78, 5) is 39.0. The lowest BCUT2D eigenvalue weighted by Gasteiger charge is -2.36. The maximum absolute atomic E-state index is 14.9. The maximum atomic E-state index is 14.9. The summed E-state index contributed by atoms with van der Waals surface area (Å²) in [6.07, 6.45) is 0.588. The van der Waals surface area contributed by atoms with Gasteiger partial charge in [-0.25, -0.2) is 13.6 Å². The van der Waals surface area contributed by atoms with Crippen molar-refractivity contribution in [3.63, 3.8) is 0 Å². The first-order valence-electron chi connectivity index (χ1n) is 11.2. The summed E-state index contributed by atoms with van der Waals surface area (Å²) in [5.41, 5.74) is -3.59. The SMILES string of the molecule is CC1(F)CCC2(CC1)NC(=O)N(CC(=O)c1ccc(B3OC(C)(C)C(C)(C)O3)cc1F)C2=O. The highest BCUT2D eigenvalue weighted by Gasteiger charge is 2.55. The molecule has 0 aromatic heterocycles. The quantitative estimate of drug-likeness (QED) is 0.423. The van der Waals surface area contributed by atoms with Gasteiger partial charge in [0.25, 0.3) is 5.91 Å². The Morgan fingerprint density at radius 3 is 2.18 bits per heavy atom. The van der Waals surface area contributed by atoms with Crippen molar-refractivity contribution in [1.29, 1.82) is 0 Å². The van der Waals surface area contributed by atoms with Crippen LogP contribution in [0.5, 0.6) is 0 Å². The largest absolute Gasteiger partial charge is 0.494 e. The molecule has 10 heteroatoms. The van der Waals surface area contributed by atoms with Crippen LogP contribution in [-0.2, 0) is 14.1 Å². The number of nitrogens with one attached hydrogen (secondary N) is 1. The first-order valence-corrected chi connectivity index (χ1v) is 11.2. The Hall–Kier alpha value is -2.33.